The van der Waals surface area contributed by atoms with Crippen molar-refractivity contribution in [3.63, 3.8) is 0 Å². The third-order valence-corrected chi connectivity index (χ3v) is 3.23. The Morgan fingerprint density at radius 1 is 1.33 bits per heavy atom. The number of carbonyl (C=O) groups is 2. The molecule has 1 aromatic rings. The Hall–Kier alpha value is -2.61. The third kappa shape index (κ3) is 4.77. The minimum atomic E-state index is -0.370. The molecule has 0 aliphatic heterocycles. The highest BCUT2D eigenvalue weighted by atomic mass is 16.2. The zero-order valence-corrected chi connectivity index (χ0v) is 11.8. The Bertz CT molecular complexity index is 625. The summed E-state index contributed by atoms with van der Waals surface area (Å²) in [7, 11) is 0. The summed E-state index contributed by atoms with van der Waals surface area (Å²) in [5.41, 5.74) is 2.26. The average molecular weight is 283 g/mol. The van der Waals surface area contributed by atoms with Gasteiger partial charge in [0.1, 0.15) is 6.42 Å². The zero-order chi connectivity index (χ0) is 15.2. The molecule has 108 valence electrons. The molecule has 5 heteroatoms. The van der Waals surface area contributed by atoms with Crippen molar-refractivity contribution < 1.29 is 9.59 Å². The van der Waals surface area contributed by atoms with Gasteiger partial charge in [-0.15, -0.1) is 0 Å². The van der Waals surface area contributed by atoms with E-state index < -0.39 is 0 Å². The van der Waals surface area contributed by atoms with E-state index in [9.17, 15) is 9.59 Å². The van der Waals surface area contributed by atoms with Crippen LogP contribution in [0.1, 0.15) is 26.2 Å². The van der Waals surface area contributed by atoms with Gasteiger partial charge in [0.05, 0.1) is 6.07 Å². The van der Waals surface area contributed by atoms with Crippen molar-refractivity contribution in [2.45, 2.75) is 26.2 Å². The second kappa shape index (κ2) is 6.71. The second-order valence-electron chi connectivity index (χ2n) is 5.12. The van der Waals surface area contributed by atoms with Gasteiger partial charge in [-0.1, -0.05) is 11.6 Å². The molecule has 1 aromatic carbocycles. The monoisotopic (exact) mass is 283 g/mol. The molecule has 0 aromatic heterocycles. The van der Waals surface area contributed by atoms with Gasteiger partial charge in [0.15, 0.2) is 0 Å². The molecule has 1 aliphatic rings. The highest BCUT2D eigenvalue weighted by Crippen LogP contribution is 2.35. The highest BCUT2D eigenvalue weighted by molar-refractivity contribution is 6.00. The fraction of sp³-hybridized carbons (Fsp3) is 0.312. The Morgan fingerprint density at radius 2 is 2.00 bits per heavy atom. The molecule has 0 spiro atoms. The molecule has 21 heavy (non-hydrogen) atoms. The summed E-state index contributed by atoms with van der Waals surface area (Å²) >= 11 is 0. The lowest BCUT2D eigenvalue weighted by Crippen LogP contribution is -2.12. The van der Waals surface area contributed by atoms with Gasteiger partial charge in [0.25, 0.3) is 0 Å². The van der Waals surface area contributed by atoms with Gasteiger partial charge >= 0.3 is 0 Å². The fourth-order valence-corrected chi connectivity index (χ4v) is 1.99. The van der Waals surface area contributed by atoms with Crippen molar-refractivity contribution >= 4 is 23.2 Å². The molecule has 0 atom stereocenters. The lowest BCUT2D eigenvalue weighted by atomic mass is 10.2. The summed E-state index contributed by atoms with van der Waals surface area (Å²) in [6.07, 6.45) is 3.75. The van der Waals surface area contributed by atoms with E-state index >= 15 is 0 Å². The lowest BCUT2D eigenvalue weighted by molar-refractivity contribution is -0.115. The van der Waals surface area contributed by atoms with E-state index in [1.165, 1.54) is 0 Å². The molecule has 0 saturated heterocycles. The van der Waals surface area contributed by atoms with Crippen molar-refractivity contribution in [2.75, 3.05) is 10.6 Å². The quantitative estimate of drug-likeness (QED) is 0.815. The highest BCUT2D eigenvalue weighted by Gasteiger charge is 2.23. The molecule has 0 unspecified atom stereocenters. The van der Waals surface area contributed by atoms with Crippen LogP contribution in [0.2, 0.25) is 0 Å². The molecule has 1 saturated carbocycles. The molecular weight excluding hydrogens is 266 g/mol. The van der Waals surface area contributed by atoms with E-state index in [1.807, 2.05) is 6.92 Å². The Labute approximate surface area is 123 Å². The van der Waals surface area contributed by atoms with Gasteiger partial charge in [-0.25, -0.2) is 0 Å². The van der Waals surface area contributed by atoms with Crippen LogP contribution in [0.15, 0.2) is 35.9 Å². The normalized spacial score (nSPS) is 14.2. The smallest absolute Gasteiger partial charge is 0.248 e. The Balaban J connectivity index is 1.97. The second-order valence-corrected chi connectivity index (χ2v) is 5.12. The summed E-state index contributed by atoms with van der Waals surface area (Å²) in [6.45, 7) is 1.97. The molecule has 0 radical (unpaired) electrons. The van der Waals surface area contributed by atoms with E-state index in [1.54, 1.807) is 36.4 Å². The van der Waals surface area contributed by atoms with Crippen LogP contribution in [-0.4, -0.2) is 11.8 Å². The largest absolute Gasteiger partial charge is 0.325 e. The van der Waals surface area contributed by atoms with E-state index in [4.69, 9.17) is 5.26 Å². The van der Waals surface area contributed by atoms with Gasteiger partial charge in [-0.05, 0) is 43.9 Å². The minimum absolute atomic E-state index is 0.167. The topological polar surface area (TPSA) is 82.0 Å². The summed E-state index contributed by atoms with van der Waals surface area (Å²) < 4.78 is 0. The van der Waals surface area contributed by atoms with Crippen molar-refractivity contribution in [2.24, 2.45) is 5.92 Å². The first-order chi connectivity index (χ1) is 10.1. The number of hydrogen-bond acceptors (Lipinski definition) is 3. The molecular formula is C16H17N3O2. The fourth-order valence-electron chi connectivity index (χ4n) is 1.99. The van der Waals surface area contributed by atoms with E-state index in [0.717, 1.165) is 18.4 Å². The van der Waals surface area contributed by atoms with Crippen LogP contribution in [0.4, 0.5) is 11.4 Å². The van der Waals surface area contributed by atoms with Crippen molar-refractivity contribution in [3.8, 4) is 6.07 Å². The van der Waals surface area contributed by atoms with Gasteiger partial charge < -0.3 is 10.6 Å². The number of carbonyl (C=O) groups excluding carboxylic acids is 2. The lowest BCUT2D eigenvalue weighted by Gasteiger charge is -2.07. The van der Waals surface area contributed by atoms with Crippen molar-refractivity contribution in [1.29, 1.82) is 5.26 Å². The number of amides is 2. The zero-order valence-electron chi connectivity index (χ0n) is 11.8. The first kappa shape index (κ1) is 14.8. The van der Waals surface area contributed by atoms with E-state index in [-0.39, 0.29) is 18.2 Å². The summed E-state index contributed by atoms with van der Waals surface area (Å²) in [5.74, 6) is 0.0257. The molecule has 2 N–H and O–H groups in total. The number of benzene rings is 1. The van der Waals surface area contributed by atoms with E-state index in [2.05, 4.69) is 10.6 Å². The summed E-state index contributed by atoms with van der Waals surface area (Å²) in [5, 5.41) is 13.8. The van der Waals surface area contributed by atoms with Gasteiger partial charge in [-0.2, -0.15) is 5.26 Å². The van der Waals surface area contributed by atoms with Gasteiger partial charge in [0.2, 0.25) is 11.8 Å². The maximum atomic E-state index is 11.9. The number of nitrogens with zero attached hydrogens (tertiary/aromatic N) is 1. The number of rotatable bonds is 5. The van der Waals surface area contributed by atoms with Crippen LogP contribution >= 0.6 is 0 Å². The Morgan fingerprint density at radius 3 is 2.62 bits per heavy atom. The molecule has 0 bridgehead atoms. The van der Waals surface area contributed by atoms with E-state index in [0.29, 0.717) is 17.3 Å². The number of anilines is 2. The maximum absolute atomic E-state index is 11.9. The van der Waals surface area contributed by atoms with Crippen LogP contribution in [0.25, 0.3) is 0 Å². The minimum Gasteiger partial charge on any atom is -0.325 e. The third-order valence-electron chi connectivity index (χ3n) is 3.23. The van der Waals surface area contributed by atoms with Gasteiger partial charge in [0, 0.05) is 17.5 Å². The summed E-state index contributed by atoms with van der Waals surface area (Å²) in [4.78, 5) is 23.2. The average Bonchev–Trinajstić information content (AvgIpc) is 3.23. The van der Waals surface area contributed by atoms with Crippen LogP contribution < -0.4 is 10.6 Å². The van der Waals surface area contributed by atoms with Crippen LogP contribution in [-0.2, 0) is 9.59 Å². The molecule has 1 aliphatic carbocycles. The van der Waals surface area contributed by atoms with Gasteiger partial charge in [-0.3, -0.25) is 9.59 Å². The standard InChI is InChI=1S/C16H17N3O2/c1-11(12-5-6-12)9-16(21)19-14-4-2-3-13(10-14)18-15(20)7-8-17/h2-4,9-10,12H,5-7H2,1H3,(H,18,20)(H,19,21)/b11-9+. The molecule has 5 nitrogen and oxygen atoms in total. The van der Waals surface area contributed by atoms with Crippen LogP contribution in [0.3, 0.4) is 0 Å². The molecule has 2 rings (SSSR count). The first-order valence-corrected chi connectivity index (χ1v) is 6.84. The number of nitrogens with one attached hydrogen (secondary N) is 2. The molecule has 0 heterocycles. The first-order valence-electron chi connectivity index (χ1n) is 6.84. The SMILES string of the molecule is C/C(=C\C(=O)Nc1cccc(NC(=O)CC#N)c1)C1CC1. The number of nitriles is 1. The molecule has 1 fully saturated rings. The Kier molecular flexibility index (Phi) is 4.72. The maximum Gasteiger partial charge on any atom is 0.248 e. The number of hydrogen-bond donors (Lipinski definition) is 2. The van der Waals surface area contributed by atoms with Crippen molar-refractivity contribution in [3.05, 3.63) is 35.9 Å². The number of allylic oxidation sites excluding steroid dienone is 1. The molecule has 2 amide bonds. The van der Waals surface area contributed by atoms with Crippen LogP contribution in [0, 0.1) is 17.2 Å². The van der Waals surface area contributed by atoms with Crippen LogP contribution in [0.5, 0.6) is 0 Å². The summed E-state index contributed by atoms with van der Waals surface area (Å²) in [6, 6.07) is 8.63. The predicted molar refractivity (Wildman–Crippen MR) is 80.4 cm³/mol. The van der Waals surface area contributed by atoms with Crippen molar-refractivity contribution in [1.82, 2.24) is 0 Å². The predicted octanol–water partition coefficient (Wildman–Crippen LogP) is 2.83.